The van der Waals surface area contributed by atoms with E-state index in [0.717, 1.165) is 42.2 Å². The smallest absolute Gasteiger partial charge is 0.161 e. The fourth-order valence-electron chi connectivity index (χ4n) is 4.26. The fraction of sp³-hybridized carbons (Fsp3) is 0.250. The average Bonchev–Trinajstić information content (AvgIpc) is 3.04. The van der Waals surface area contributed by atoms with E-state index in [4.69, 9.17) is 9.47 Å². The molecule has 3 nitrogen and oxygen atoms in total. The summed E-state index contributed by atoms with van der Waals surface area (Å²) in [4.78, 5) is 0. The molecule has 0 aliphatic carbocycles. The zero-order chi connectivity index (χ0) is 18.7. The van der Waals surface area contributed by atoms with Gasteiger partial charge in [-0.15, -0.1) is 0 Å². The molecule has 0 spiro atoms. The highest BCUT2D eigenvalue weighted by molar-refractivity contribution is 5.48. The Labute approximate surface area is 161 Å². The van der Waals surface area contributed by atoms with Crippen molar-refractivity contribution in [3.63, 3.8) is 0 Å². The third-order valence-corrected chi connectivity index (χ3v) is 5.44. The molecule has 0 N–H and O–H groups in total. The van der Waals surface area contributed by atoms with E-state index in [1.165, 1.54) is 22.3 Å². The summed E-state index contributed by atoms with van der Waals surface area (Å²) >= 11 is 0. The molecule has 4 rings (SSSR count). The number of methoxy groups -OCH3 is 2. The van der Waals surface area contributed by atoms with Crippen LogP contribution in [0, 0.1) is 0 Å². The van der Waals surface area contributed by atoms with Crippen molar-refractivity contribution in [1.82, 2.24) is 0 Å². The van der Waals surface area contributed by atoms with Crippen LogP contribution >= 0.6 is 0 Å². The average molecular weight is 360 g/mol. The number of benzene rings is 3. The predicted molar refractivity (Wildman–Crippen MR) is 108 cm³/mol. The topological polar surface area (TPSA) is 18.5 Å². The second-order valence-corrected chi connectivity index (χ2v) is 7.42. The summed E-state index contributed by atoms with van der Waals surface area (Å²) in [5.41, 5.74) is 5.47. The summed E-state index contributed by atoms with van der Waals surface area (Å²) in [5, 5.41) is 0. The number of hydrogen-bond donors (Lipinski definition) is 0. The molecule has 0 fully saturated rings. The van der Waals surface area contributed by atoms with Gasteiger partial charge in [0.25, 0.3) is 0 Å². The van der Waals surface area contributed by atoms with Crippen molar-refractivity contribution < 1.29 is 14.0 Å². The standard InChI is InChI=1S/C24H26NO2/c1-26-23-13-21-17-25(15-19-9-5-3-6-10-19,16-20-11-7-4-8-12-20)18-22(21)14-24(23)27-2/h3-14H,15-18H2,1-2H3/q+1. The minimum atomic E-state index is 0.815. The number of quaternary nitrogens is 1. The van der Waals surface area contributed by atoms with Gasteiger partial charge in [0.05, 0.1) is 14.2 Å². The van der Waals surface area contributed by atoms with Crippen LogP contribution < -0.4 is 9.47 Å². The van der Waals surface area contributed by atoms with Crippen LogP contribution in [0.25, 0.3) is 0 Å². The highest BCUT2D eigenvalue weighted by atomic mass is 16.5. The lowest BCUT2D eigenvalue weighted by Crippen LogP contribution is -2.41. The Hall–Kier alpha value is -2.78. The van der Waals surface area contributed by atoms with Gasteiger partial charge in [0.2, 0.25) is 0 Å². The van der Waals surface area contributed by atoms with Gasteiger partial charge in [-0.25, -0.2) is 0 Å². The molecule has 0 bridgehead atoms. The molecule has 0 radical (unpaired) electrons. The maximum Gasteiger partial charge on any atom is 0.161 e. The largest absolute Gasteiger partial charge is 0.493 e. The van der Waals surface area contributed by atoms with Crippen molar-refractivity contribution in [2.24, 2.45) is 0 Å². The van der Waals surface area contributed by atoms with Crippen LogP contribution in [-0.2, 0) is 26.2 Å². The number of hydrogen-bond acceptors (Lipinski definition) is 2. The molecule has 0 aromatic heterocycles. The molecule has 1 heterocycles. The Balaban J connectivity index is 1.70. The van der Waals surface area contributed by atoms with E-state index in [1.54, 1.807) is 14.2 Å². The molecule has 0 saturated carbocycles. The van der Waals surface area contributed by atoms with Gasteiger partial charge in [-0.05, 0) is 12.1 Å². The van der Waals surface area contributed by atoms with E-state index in [1.807, 2.05) is 0 Å². The summed E-state index contributed by atoms with van der Waals surface area (Å²) in [7, 11) is 3.41. The van der Waals surface area contributed by atoms with Gasteiger partial charge in [-0.3, -0.25) is 0 Å². The van der Waals surface area contributed by atoms with E-state index >= 15 is 0 Å². The Kier molecular flexibility index (Phi) is 4.87. The summed E-state index contributed by atoms with van der Waals surface area (Å²) < 4.78 is 12.1. The molecule has 0 atom stereocenters. The quantitative estimate of drug-likeness (QED) is 0.580. The minimum Gasteiger partial charge on any atom is -0.493 e. The molecule has 3 aromatic rings. The molecular weight excluding hydrogens is 334 g/mol. The van der Waals surface area contributed by atoms with Crippen molar-refractivity contribution in [2.75, 3.05) is 14.2 Å². The van der Waals surface area contributed by atoms with Crippen molar-refractivity contribution >= 4 is 0 Å². The maximum absolute atomic E-state index is 5.53. The van der Waals surface area contributed by atoms with Crippen LogP contribution in [0.5, 0.6) is 11.5 Å². The number of rotatable bonds is 6. The van der Waals surface area contributed by atoms with Gasteiger partial charge in [0.15, 0.2) is 11.5 Å². The lowest BCUT2D eigenvalue weighted by atomic mass is 10.1. The first kappa shape index (κ1) is 17.6. The van der Waals surface area contributed by atoms with E-state index < -0.39 is 0 Å². The molecule has 138 valence electrons. The van der Waals surface area contributed by atoms with Gasteiger partial charge in [-0.2, -0.15) is 0 Å². The van der Waals surface area contributed by atoms with Crippen LogP contribution in [0.3, 0.4) is 0 Å². The van der Waals surface area contributed by atoms with Crippen LogP contribution in [0.15, 0.2) is 72.8 Å². The summed E-state index contributed by atoms with van der Waals surface area (Å²) in [6.45, 7) is 4.02. The zero-order valence-electron chi connectivity index (χ0n) is 16.0. The first-order chi connectivity index (χ1) is 13.2. The van der Waals surface area contributed by atoms with Crippen molar-refractivity contribution in [1.29, 1.82) is 0 Å². The Morgan fingerprint density at radius 2 is 1.07 bits per heavy atom. The number of nitrogens with zero attached hydrogens (tertiary/aromatic N) is 1. The van der Waals surface area contributed by atoms with Crippen LogP contribution in [0.4, 0.5) is 0 Å². The zero-order valence-corrected chi connectivity index (χ0v) is 16.0. The van der Waals surface area contributed by atoms with Crippen molar-refractivity contribution in [2.45, 2.75) is 26.2 Å². The number of ether oxygens (including phenoxy) is 2. The molecule has 0 saturated heterocycles. The SMILES string of the molecule is COc1cc2c(cc1OC)C[N+](Cc1ccccc1)(Cc1ccccc1)C2. The van der Waals surface area contributed by atoms with Crippen LogP contribution in [-0.4, -0.2) is 18.7 Å². The fourth-order valence-corrected chi connectivity index (χ4v) is 4.26. The molecule has 1 aliphatic heterocycles. The van der Waals surface area contributed by atoms with Crippen molar-refractivity contribution in [3.8, 4) is 11.5 Å². The predicted octanol–water partition coefficient (Wildman–Crippen LogP) is 4.93. The van der Waals surface area contributed by atoms with Crippen molar-refractivity contribution in [3.05, 3.63) is 95.1 Å². The monoisotopic (exact) mass is 360 g/mol. The van der Waals surface area contributed by atoms with Gasteiger partial charge < -0.3 is 14.0 Å². The second kappa shape index (κ2) is 7.45. The Bertz CT molecular complexity index is 830. The first-order valence-corrected chi connectivity index (χ1v) is 9.38. The van der Waals surface area contributed by atoms with Gasteiger partial charge >= 0.3 is 0 Å². The normalized spacial score (nSPS) is 14.6. The van der Waals surface area contributed by atoms with Gasteiger partial charge in [-0.1, -0.05) is 60.7 Å². The Morgan fingerprint density at radius 3 is 1.44 bits per heavy atom. The highest BCUT2D eigenvalue weighted by Gasteiger charge is 2.37. The van der Waals surface area contributed by atoms with Crippen LogP contribution in [0.2, 0.25) is 0 Å². The van der Waals surface area contributed by atoms with Crippen LogP contribution in [0.1, 0.15) is 22.3 Å². The third kappa shape index (κ3) is 3.69. The van der Waals surface area contributed by atoms with E-state index in [0.29, 0.717) is 0 Å². The number of fused-ring (bicyclic) bond motifs is 1. The molecule has 3 aromatic carbocycles. The maximum atomic E-state index is 5.53. The molecule has 3 heteroatoms. The molecule has 1 aliphatic rings. The highest BCUT2D eigenvalue weighted by Crippen LogP contribution is 2.40. The van der Waals surface area contributed by atoms with Gasteiger partial charge in [0.1, 0.15) is 26.2 Å². The molecule has 0 amide bonds. The summed E-state index contributed by atoms with van der Waals surface area (Å²) in [5.74, 6) is 1.63. The second-order valence-electron chi connectivity index (χ2n) is 7.42. The van der Waals surface area contributed by atoms with E-state index in [9.17, 15) is 0 Å². The molecule has 0 unspecified atom stereocenters. The first-order valence-electron chi connectivity index (χ1n) is 9.38. The summed E-state index contributed by atoms with van der Waals surface area (Å²) in [6.07, 6.45) is 0. The summed E-state index contributed by atoms with van der Waals surface area (Å²) in [6, 6.07) is 25.9. The Morgan fingerprint density at radius 1 is 0.667 bits per heavy atom. The lowest BCUT2D eigenvalue weighted by Gasteiger charge is -2.34. The minimum absolute atomic E-state index is 0.815. The molecular formula is C24H26NO2+. The molecule has 27 heavy (non-hydrogen) atoms. The van der Waals surface area contributed by atoms with Gasteiger partial charge in [0, 0.05) is 22.3 Å². The van der Waals surface area contributed by atoms with E-state index in [-0.39, 0.29) is 0 Å². The lowest BCUT2D eigenvalue weighted by molar-refractivity contribution is -0.972. The van der Waals surface area contributed by atoms with E-state index in [2.05, 4.69) is 72.8 Å². The third-order valence-electron chi connectivity index (χ3n) is 5.44.